The third-order valence-corrected chi connectivity index (χ3v) is 7.42. The van der Waals surface area contributed by atoms with E-state index in [0.717, 1.165) is 47.9 Å². The van der Waals surface area contributed by atoms with Crippen molar-refractivity contribution in [3.05, 3.63) is 39.2 Å². The summed E-state index contributed by atoms with van der Waals surface area (Å²) < 4.78 is 5.74. The number of phenols is 1. The first-order valence-corrected chi connectivity index (χ1v) is 11.3. The fourth-order valence-electron chi connectivity index (χ4n) is 6.07. The fraction of sp³-hybridized carbons (Fsp3) is 0.625. The van der Waals surface area contributed by atoms with Crippen molar-refractivity contribution in [2.24, 2.45) is 5.92 Å². The molecule has 3 heterocycles. The highest BCUT2D eigenvalue weighted by Crippen LogP contribution is 2.35. The summed E-state index contributed by atoms with van der Waals surface area (Å²) in [6.07, 6.45) is 9.33. The molecule has 1 N–H and O–H groups in total. The van der Waals surface area contributed by atoms with Crippen molar-refractivity contribution in [2.45, 2.75) is 64.0 Å². The van der Waals surface area contributed by atoms with E-state index < -0.39 is 0 Å². The van der Waals surface area contributed by atoms with Crippen molar-refractivity contribution in [3.63, 3.8) is 0 Å². The molecule has 5 nitrogen and oxygen atoms in total. The van der Waals surface area contributed by atoms with Gasteiger partial charge in [0.2, 0.25) is 0 Å². The standard InChI is InChI=1S/C24H32N2O3/c1-25(14-16-6-5-13-26-12-3-2-9-21(16)26)15-20-22(27)11-10-18-17-7-4-8-19(17)24(28)29-23(18)20/h10-11,16,21,27H,2-9,12-15H2,1H3. The summed E-state index contributed by atoms with van der Waals surface area (Å²) >= 11 is 0. The van der Waals surface area contributed by atoms with Crippen LogP contribution in [0.3, 0.4) is 0 Å². The highest BCUT2D eigenvalue weighted by molar-refractivity contribution is 5.86. The molecule has 0 spiro atoms. The molecule has 2 aliphatic heterocycles. The minimum atomic E-state index is -0.218. The lowest BCUT2D eigenvalue weighted by atomic mass is 9.83. The molecule has 2 unspecified atom stereocenters. The predicted molar refractivity (Wildman–Crippen MR) is 114 cm³/mol. The summed E-state index contributed by atoms with van der Waals surface area (Å²) in [5.74, 6) is 0.913. The summed E-state index contributed by atoms with van der Waals surface area (Å²) in [6, 6.07) is 4.40. The molecule has 2 atom stereocenters. The Kier molecular flexibility index (Phi) is 5.12. The normalized spacial score (nSPS) is 24.8. The van der Waals surface area contributed by atoms with Crippen LogP contribution < -0.4 is 5.63 Å². The van der Waals surface area contributed by atoms with Crippen LogP contribution in [0.25, 0.3) is 11.0 Å². The van der Waals surface area contributed by atoms with Crippen LogP contribution in [0.15, 0.2) is 21.3 Å². The van der Waals surface area contributed by atoms with Gasteiger partial charge in [-0.2, -0.15) is 0 Å². The third kappa shape index (κ3) is 3.49. The molecule has 1 aromatic carbocycles. The zero-order chi connectivity index (χ0) is 20.0. The Morgan fingerprint density at radius 2 is 1.93 bits per heavy atom. The third-order valence-electron chi connectivity index (χ3n) is 7.42. The molecular formula is C24H32N2O3. The van der Waals surface area contributed by atoms with Crippen LogP contribution in [0.5, 0.6) is 5.75 Å². The molecular weight excluding hydrogens is 364 g/mol. The van der Waals surface area contributed by atoms with Crippen molar-refractivity contribution in [1.82, 2.24) is 9.80 Å². The molecule has 156 valence electrons. The van der Waals surface area contributed by atoms with Gasteiger partial charge in [0.1, 0.15) is 11.3 Å². The van der Waals surface area contributed by atoms with Crippen LogP contribution >= 0.6 is 0 Å². The lowest BCUT2D eigenvalue weighted by molar-refractivity contribution is 0.0434. The first-order valence-electron chi connectivity index (χ1n) is 11.3. The Hall–Kier alpha value is -1.85. The van der Waals surface area contributed by atoms with E-state index >= 15 is 0 Å². The first-order chi connectivity index (χ1) is 14.1. The maximum Gasteiger partial charge on any atom is 0.339 e. The van der Waals surface area contributed by atoms with Gasteiger partial charge in [-0.15, -0.1) is 0 Å². The molecule has 3 aliphatic rings. The molecule has 2 aromatic rings. The van der Waals surface area contributed by atoms with E-state index in [4.69, 9.17) is 4.42 Å². The molecule has 0 bridgehead atoms. The van der Waals surface area contributed by atoms with Gasteiger partial charge in [-0.3, -0.25) is 0 Å². The number of hydrogen-bond donors (Lipinski definition) is 1. The first kappa shape index (κ1) is 19.1. The number of hydrogen-bond acceptors (Lipinski definition) is 5. The number of benzene rings is 1. The van der Waals surface area contributed by atoms with Gasteiger partial charge < -0.3 is 19.3 Å². The number of piperidine rings is 2. The second-order valence-electron chi connectivity index (χ2n) is 9.34. The Balaban J connectivity index is 1.40. The summed E-state index contributed by atoms with van der Waals surface area (Å²) in [6.45, 7) is 4.14. The van der Waals surface area contributed by atoms with E-state index in [0.29, 0.717) is 24.1 Å². The van der Waals surface area contributed by atoms with E-state index in [2.05, 4.69) is 16.8 Å². The lowest BCUT2D eigenvalue weighted by Crippen LogP contribution is -2.50. The van der Waals surface area contributed by atoms with Crippen LogP contribution in [0.4, 0.5) is 0 Å². The van der Waals surface area contributed by atoms with Crippen molar-refractivity contribution >= 4 is 11.0 Å². The molecule has 2 saturated heterocycles. The molecule has 5 rings (SSSR count). The van der Waals surface area contributed by atoms with Crippen LogP contribution in [-0.4, -0.2) is 47.6 Å². The van der Waals surface area contributed by atoms with E-state index in [-0.39, 0.29) is 11.4 Å². The van der Waals surface area contributed by atoms with Gasteiger partial charge in [0.25, 0.3) is 0 Å². The van der Waals surface area contributed by atoms with E-state index in [1.807, 2.05) is 6.07 Å². The van der Waals surface area contributed by atoms with Gasteiger partial charge in [0, 0.05) is 30.1 Å². The average Bonchev–Trinajstić information content (AvgIpc) is 3.22. The summed E-state index contributed by atoms with van der Waals surface area (Å²) in [5.41, 5.74) is 3.09. The minimum Gasteiger partial charge on any atom is -0.507 e. The molecule has 1 aliphatic carbocycles. The molecule has 29 heavy (non-hydrogen) atoms. The maximum absolute atomic E-state index is 12.5. The van der Waals surface area contributed by atoms with Gasteiger partial charge in [-0.1, -0.05) is 6.42 Å². The van der Waals surface area contributed by atoms with Gasteiger partial charge >= 0.3 is 5.63 Å². The highest BCUT2D eigenvalue weighted by Gasteiger charge is 2.33. The van der Waals surface area contributed by atoms with Gasteiger partial charge in [-0.25, -0.2) is 4.79 Å². The number of nitrogens with zero attached hydrogens (tertiary/aromatic N) is 2. The Labute approximate surface area is 172 Å². The van der Waals surface area contributed by atoms with Gasteiger partial charge in [0.05, 0.1) is 5.56 Å². The Morgan fingerprint density at radius 1 is 1.10 bits per heavy atom. The largest absolute Gasteiger partial charge is 0.507 e. The average molecular weight is 397 g/mol. The number of aryl methyl sites for hydroxylation is 1. The maximum atomic E-state index is 12.5. The molecule has 5 heteroatoms. The summed E-state index contributed by atoms with van der Waals surface area (Å²) in [7, 11) is 2.13. The molecule has 0 radical (unpaired) electrons. The zero-order valence-corrected chi connectivity index (χ0v) is 17.5. The van der Waals surface area contributed by atoms with Crippen molar-refractivity contribution in [3.8, 4) is 5.75 Å². The van der Waals surface area contributed by atoms with Crippen molar-refractivity contribution in [2.75, 3.05) is 26.7 Å². The summed E-state index contributed by atoms with van der Waals surface area (Å²) in [4.78, 5) is 17.5. The van der Waals surface area contributed by atoms with Crippen LogP contribution in [0.2, 0.25) is 0 Å². The Morgan fingerprint density at radius 3 is 2.83 bits per heavy atom. The van der Waals surface area contributed by atoms with Crippen LogP contribution in [0.1, 0.15) is 55.2 Å². The summed E-state index contributed by atoms with van der Waals surface area (Å²) in [5, 5.41) is 11.6. The van der Waals surface area contributed by atoms with E-state index in [1.54, 1.807) is 6.07 Å². The number of phenolic OH excluding ortho intramolecular Hbond substituents is 1. The quantitative estimate of drug-likeness (QED) is 0.799. The zero-order valence-electron chi connectivity index (χ0n) is 17.5. The minimum absolute atomic E-state index is 0.218. The van der Waals surface area contributed by atoms with Crippen molar-refractivity contribution in [1.29, 1.82) is 0 Å². The van der Waals surface area contributed by atoms with Crippen LogP contribution in [-0.2, 0) is 19.4 Å². The lowest BCUT2D eigenvalue weighted by Gasteiger charge is -2.45. The molecule has 2 fully saturated rings. The van der Waals surface area contributed by atoms with E-state index in [1.165, 1.54) is 45.2 Å². The SMILES string of the molecule is CN(Cc1c(O)ccc2c3c(c(=O)oc12)CCC3)CC1CCCN2CCCCC12. The van der Waals surface area contributed by atoms with Gasteiger partial charge in [-0.05, 0) is 88.7 Å². The Bertz CT molecular complexity index is 965. The monoisotopic (exact) mass is 396 g/mol. The molecule has 1 aromatic heterocycles. The topological polar surface area (TPSA) is 56.9 Å². The number of rotatable bonds is 4. The number of aromatic hydroxyl groups is 1. The van der Waals surface area contributed by atoms with Crippen LogP contribution in [0, 0.1) is 5.92 Å². The highest BCUT2D eigenvalue weighted by atomic mass is 16.4. The molecule has 0 saturated carbocycles. The smallest absolute Gasteiger partial charge is 0.339 e. The van der Waals surface area contributed by atoms with Gasteiger partial charge in [0.15, 0.2) is 0 Å². The van der Waals surface area contributed by atoms with Crippen molar-refractivity contribution < 1.29 is 9.52 Å². The van der Waals surface area contributed by atoms with E-state index in [9.17, 15) is 9.90 Å². The fourth-order valence-corrected chi connectivity index (χ4v) is 6.07. The second kappa shape index (κ2) is 7.77. The molecule has 0 amide bonds. The second-order valence-corrected chi connectivity index (χ2v) is 9.34. The predicted octanol–water partition coefficient (Wildman–Crippen LogP) is 3.68. The number of fused-ring (bicyclic) bond motifs is 4.